The molecule has 0 unspecified atom stereocenters. The van der Waals surface area contributed by atoms with Gasteiger partial charge in [0, 0.05) is 23.1 Å². The third kappa shape index (κ3) is 5.44. The first kappa shape index (κ1) is 20.1. The van der Waals surface area contributed by atoms with Crippen molar-refractivity contribution in [2.45, 2.75) is 32.4 Å². The number of benzene rings is 2. The lowest BCUT2D eigenvalue weighted by molar-refractivity contribution is -0.127. The predicted molar refractivity (Wildman–Crippen MR) is 107 cm³/mol. The predicted octanol–water partition coefficient (Wildman–Crippen LogP) is 5.22. The molecule has 0 radical (unpaired) electrons. The highest BCUT2D eigenvalue weighted by Gasteiger charge is 2.27. The summed E-state index contributed by atoms with van der Waals surface area (Å²) in [5.41, 5.74) is 1.91. The Morgan fingerprint density at radius 1 is 1.26 bits per heavy atom. The molecule has 1 fully saturated rings. The summed E-state index contributed by atoms with van der Waals surface area (Å²) in [6.07, 6.45) is 1.83. The van der Waals surface area contributed by atoms with E-state index in [1.807, 2.05) is 19.1 Å². The Balaban J connectivity index is 1.58. The van der Waals surface area contributed by atoms with Crippen LogP contribution < -0.4 is 5.32 Å². The van der Waals surface area contributed by atoms with Crippen LogP contribution in [0.4, 0.5) is 4.39 Å². The molecule has 0 spiro atoms. The Hall–Kier alpha value is -1.62. The number of likely N-dealkylation sites (tertiary alicyclic amines) is 1. The van der Waals surface area contributed by atoms with Crippen LogP contribution in [-0.4, -0.2) is 23.9 Å². The number of hydrogen-bond donors (Lipinski definition) is 1. The zero-order valence-corrected chi connectivity index (χ0v) is 16.7. The van der Waals surface area contributed by atoms with Crippen molar-refractivity contribution in [1.82, 2.24) is 10.2 Å². The van der Waals surface area contributed by atoms with Crippen molar-refractivity contribution >= 4 is 29.1 Å². The molecule has 3 nitrogen and oxygen atoms in total. The summed E-state index contributed by atoms with van der Waals surface area (Å²) in [5.74, 6) is -0.299. The number of hydrogen-bond acceptors (Lipinski definition) is 2. The van der Waals surface area contributed by atoms with Gasteiger partial charge in [0.2, 0.25) is 5.91 Å². The summed E-state index contributed by atoms with van der Waals surface area (Å²) < 4.78 is 13.1. The number of rotatable bonds is 5. The van der Waals surface area contributed by atoms with Crippen LogP contribution in [0.1, 0.15) is 36.9 Å². The molecule has 1 N–H and O–H groups in total. The molecule has 3 rings (SSSR count). The molecule has 1 amide bonds. The second kappa shape index (κ2) is 9.05. The molecule has 6 heteroatoms. The van der Waals surface area contributed by atoms with Gasteiger partial charge < -0.3 is 5.32 Å². The van der Waals surface area contributed by atoms with E-state index in [0.717, 1.165) is 30.5 Å². The first-order valence-electron chi connectivity index (χ1n) is 9.14. The number of carbonyl (C=O) groups is 1. The van der Waals surface area contributed by atoms with Crippen molar-refractivity contribution in [3.8, 4) is 0 Å². The van der Waals surface area contributed by atoms with Crippen LogP contribution in [0.25, 0.3) is 0 Å². The minimum atomic E-state index is -0.277. The van der Waals surface area contributed by atoms with Crippen LogP contribution in [0.2, 0.25) is 10.0 Å². The second-order valence-corrected chi connectivity index (χ2v) is 7.94. The maximum Gasteiger partial charge on any atom is 0.224 e. The highest BCUT2D eigenvalue weighted by Crippen LogP contribution is 2.25. The fraction of sp³-hybridized carbons (Fsp3) is 0.381. The van der Waals surface area contributed by atoms with E-state index in [1.54, 1.807) is 18.2 Å². The molecule has 1 aliphatic heterocycles. The normalized spacial score (nSPS) is 18.9. The van der Waals surface area contributed by atoms with Crippen molar-refractivity contribution < 1.29 is 9.18 Å². The minimum absolute atomic E-state index is 0.0405. The van der Waals surface area contributed by atoms with Gasteiger partial charge >= 0.3 is 0 Å². The highest BCUT2D eigenvalue weighted by atomic mass is 35.5. The first-order valence-corrected chi connectivity index (χ1v) is 9.90. The van der Waals surface area contributed by atoms with Crippen LogP contribution >= 0.6 is 23.2 Å². The highest BCUT2D eigenvalue weighted by molar-refractivity contribution is 6.35. The smallest absolute Gasteiger partial charge is 0.224 e. The molecule has 2 aromatic rings. The molecular weight excluding hydrogens is 386 g/mol. The van der Waals surface area contributed by atoms with E-state index in [2.05, 4.69) is 10.2 Å². The molecule has 27 heavy (non-hydrogen) atoms. The van der Waals surface area contributed by atoms with E-state index in [9.17, 15) is 9.18 Å². The summed E-state index contributed by atoms with van der Waals surface area (Å²) in [6.45, 7) is 4.25. The number of piperidine rings is 1. The van der Waals surface area contributed by atoms with Crippen molar-refractivity contribution in [2.24, 2.45) is 5.92 Å². The molecule has 1 saturated heterocycles. The maximum atomic E-state index is 13.1. The molecule has 2 atom stereocenters. The second-order valence-electron chi connectivity index (χ2n) is 7.09. The van der Waals surface area contributed by atoms with Gasteiger partial charge in [0.15, 0.2) is 0 Å². The summed E-state index contributed by atoms with van der Waals surface area (Å²) in [5, 5.41) is 4.33. The van der Waals surface area contributed by atoms with Gasteiger partial charge in [-0.3, -0.25) is 9.69 Å². The molecule has 0 saturated carbocycles. The van der Waals surface area contributed by atoms with Crippen molar-refractivity contribution in [1.29, 1.82) is 0 Å². The lowest BCUT2D eigenvalue weighted by Gasteiger charge is -2.32. The number of amides is 1. The zero-order chi connectivity index (χ0) is 19.4. The quantitative estimate of drug-likeness (QED) is 0.734. The lowest BCUT2D eigenvalue weighted by atomic mass is 9.96. The van der Waals surface area contributed by atoms with Crippen LogP contribution in [0.5, 0.6) is 0 Å². The third-order valence-corrected chi connectivity index (χ3v) is 5.60. The fourth-order valence-electron chi connectivity index (χ4n) is 3.47. The first-order chi connectivity index (χ1) is 12.9. The number of nitrogens with one attached hydrogen (secondary N) is 1. The van der Waals surface area contributed by atoms with Crippen LogP contribution in [0.3, 0.4) is 0 Å². The topological polar surface area (TPSA) is 32.3 Å². The number of halogens is 3. The average molecular weight is 409 g/mol. The molecule has 1 aliphatic rings. The van der Waals surface area contributed by atoms with Gasteiger partial charge in [0.25, 0.3) is 0 Å². The van der Waals surface area contributed by atoms with Crippen molar-refractivity contribution in [3.05, 3.63) is 69.5 Å². The monoisotopic (exact) mass is 408 g/mol. The maximum absolute atomic E-state index is 13.1. The fourth-order valence-corrected chi connectivity index (χ4v) is 3.94. The molecule has 0 bridgehead atoms. The minimum Gasteiger partial charge on any atom is -0.349 e. The number of nitrogens with zero attached hydrogens (tertiary/aromatic N) is 1. The van der Waals surface area contributed by atoms with E-state index >= 15 is 0 Å². The van der Waals surface area contributed by atoms with E-state index in [-0.39, 0.29) is 23.7 Å². The van der Waals surface area contributed by atoms with Gasteiger partial charge in [-0.15, -0.1) is 0 Å². The van der Waals surface area contributed by atoms with Gasteiger partial charge in [-0.1, -0.05) is 41.4 Å². The van der Waals surface area contributed by atoms with Gasteiger partial charge in [0.05, 0.1) is 12.0 Å². The summed E-state index contributed by atoms with van der Waals surface area (Å²) >= 11 is 12.2. The van der Waals surface area contributed by atoms with Crippen LogP contribution in [0, 0.1) is 11.7 Å². The van der Waals surface area contributed by atoms with Gasteiger partial charge in [-0.2, -0.15) is 0 Å². The van der Waals surface area contributed by atoms with E-state index < -0.39 is 0 Å². The SMILES string of the molecule is C[C@H](NC(=O)[C@H]1CCCN(Cc2ccc(Cl)cc2Cl)C1)c1ccc(F)cc1. The number of carbonyl (C=O) groups excluding carboxylic acids is 1. The molecule has 1 heterocycles. The van der Waals surface area contributed by atoms with Crippen LogP contribution in [0.15, 0.2) is 42.5 Å². The van der Waals surface area contributed by atoms with E-state index in [4.69, 9.17) is 23.2 Å². The summed E-state index contributed by atoms with van der Waals surface area (Å²) in [7, 11) is 0. The molecule has 0 aromatic heterocycles. The van der Waals surface area contributed by atoms with Crippen molar-refractivity contribution in [3.63, 3.8) is 0 Å². The zero-order valence-electron chi connectivity index (χ0n) is 15.2. The molecular formula is C21H23Cl2FN2O. The molecule has 0 aliphatic carbocycles. The summed E-state index contributed by atoms with van der Waals surface area (Å²) in [6, 6.07) is 11.6. The van der Waals surface area contributed by atoms with E-state index in [1.165, 1.54) is 12.1 Å². The van der Waals surface area contributed by atoms with Crippen molar-refractivity contribution in [2.75, 3.05) is 13.1 Å². The van der Waals surface area contributed by atoms with Crippen LogP contribution in [-0.2, 0) is 11.3 Å². The Morgan fingerprint density at radius 2 is 2.00 bits per heavy atom. The third-order valence-electron chi connectivity index (χ3n) is 5.01. The molecule has 144 valence electrons. The largest absolute Gasteiger partial charge is 0.349 e. The Labute approximate surface area is 169 Å². The van der Waals surface area contributed by atoms with Gasteiger partial charge in [-0.25, -0.2) is 4.39 Å². The Bertz CT molecular complexity index is 797. The Morgan fingerprint density at radius 3 is 2.70 bits per heavy atom. The van der Waals surface area contributed by atoms with Gasteiger partial charge in [0.1, 0.15) is 5.82 Å². The Kier molecular flexibility index (Phi) is 6.74. The van der Waals surface area contributed by atoms with E-state index in [0.29, 0.717) is 23.1 Å². The average Bonchev–Trinajstić information content (AvgIpc) is 2.65. The lowest BCUT2D eigenvalue weighted by Crippen LogP contribution is -2.43. The summed E-state index contributed by atoms with van der Waals surface area (Å²) in [4.78, 5) is 15.0. The standard InChI is InChI=1S/C21H23Cl2FN2O/c1-14(15-5-8-19(24)9-6-15)25-21(27)17-3-2-10-26(13-17)12-16-4-7-18(22)11-20(16)23/h4-9,11,14,17H,2-3,10,12-13H2,1H3,(H,25,27)/t14-,17-/m0/s1. The van der Waals surface area contributed by atoms with Gasteiger partial charge in [-0.05, 0) is 61.7 Å². The molecule has 2 aromatic carbocycles.